The van der Waals surface area contributed by atoms with Crippen LogP contribution in [-0.4, -0.2) is 29.6 Å². The average Bonchev–Trinajstić information content (AvgIpc) is 2.89. The summed E-state index contributed by atoms with van der Waals surface area (Å²) in [4.78, 5) is 22.3. The highest BCUT2D eigenvalue weighted by Gasteiger charge is 2.23. The van der Waals surface area contributed by atoms with Gasteiger partial charge in [0.2, 0.25) is 0 Å². The van der Waals surface area contributed by atoms with Crippen LogP contribution in [0.15, 0.2) is 24.4 Å². The predicted octanol–water partition coefficient (Wildman–Crippen LogP) is 1.67. The SMILES string of the molecule is CNc1cc([N+](=O)[O-])ccc1-n1cc(C#N)c(N)c1C(=O)OC. The van der Waals surface area contributed by atoms with Crippen LogP contribution in [0.2, 0.25) is 0 Å². The summed E-state index contributed by atoms with van der Waals surface area (Å²) < 4.78 is 6.07. The van der Waals surface area contributed by atoms with Crippen molar-refractivity contribution in [3.05, 3.63) is 45.8 Å². The van der Waals surface area contributed by atoms with E-state index in [2.05, 4.69) is 5.32 Å². The number of rotatable bonds is 4. The van der Waals surface area contributed by atoms with Gasteiger partial charge in [-0.25, -0.2) is 4.79 Å². The van der Waals surface area contributed by atoms with E-state index in [1.165, 1.54) is 36.1 Å². The molecule has 1 aromatic heterocycles. The van der Waals surface area contributed by atoms with Crippen molar-refractivity contribution >= 4 is 23.0 Å². The molecule has 0 unspecified atom stereocenters. The molecular weight excluding hydrogens is 302 g/mol. The lowest BCUT2D eigenvalue weighted by Crippen LogP contribution is -2.12. The van der Waals surface area contributed by atoms with Crippen LogP contribution >= 0.6 is 0 Å². The van der Waals surface area contributed by atoms with Crippen molar-refractivity contribution in [3.8, 4) is 11.8 Å². The molecule has 0 fully saturated rings. The molecule has 23 heavy (non-hydrogen) atoms. The minimum absolute atomic E-state index is 0.0141. The zero-order valence-electron chi connectivity index (χ0n) is 12.4. The van der Waals surface area contributed by atoms with Crippen molar-refractivity contribution in [3.63, 3.8) is 0 Å². The van der Waals surface area contributed by atoms with Crippen molar-refractivity contribution in [1.29, 1.82) is 5.26 Å². The number of nitriles is 1. The maximum Gasteiger partial charge on any atom is 0.357 e. The Bertz CT molecular complexity index is 834. The molecule has 2 rings (SSSR count). The second-order valence-electron chi connectivity index (χ2n) is 4.49. The molecule has 0 atom stereocenters. The van der Waals surface area contributed by atoms with Crippen molar-refractivity contribution < 1.29 is 14.5 Å². The van der Waals surface area contributed by atoms with Crippen LogP contribution in [0.25, 0.3) is 5.69 Å². The zero-order chi connectivity index (χ0) is 17.1. The van der Waals surface area contributed by atoms with Crippen LogP contribution in [0.1, 0.15) is 16.1 Å². The van der Waals surface area contributed by atoms with Gasteiger partial charge in [0.25, 0.3) is 5.69 Å². The first-order valence-electron chi connectivity index (χ1n) is 6.40. The summed E-state index contributed by atoms with van der Waals surface area (Å²) in [6.07, 6.45) is 1.38. The maximum absolute atomic E-state index is 12.0. The highest BCUT2D eigenvalue weighted by molar-refractivity contribution is 5.96. The minimum Gasteiger partial charge on any atom is -0.464 e. The fourth-order valence-electron chi connectivity index (χ4n) is 2.15. The van der Waals surface area contributed by atoms with Crippen molar-refractivity contribution in [1.82, 2.24) is 4.57 Å². The van der Waals surface area contributed by atoms with Crippen LogP contribution < -0.4 is 11.1 Å². The Morgan fingerprint density at radius 2 is 2.22 bits per heavy atom. The number of ether oxygens (including phenoxy) is 1. The number of carbonyl (C=O) groups is 1. The predicted molar refractivity (Wildman–Crippen MR) is 82.4 cm³/mol. The highest BCUT2D eigenvalue weighted by atomic mass is 16.6. The number of hydrogen-bond donors (Lipinski definition) is 2. The van der Waals surface area contributed by atoms with E-state index in [0.29, 0.717) is 11.4 Å². The number of methoxy groups -OCH3 is 1. The number of hydrogen-bond acceptors (Lipinski definition) is 7. The molecule has 2 aromatic rings. The van der Waals surface area contributed by atoms with Gasteiger partial charge < -0.3 is 20.4 Å². The summed E-state index contributed by atoms with van der Waals surface area (Å²) in [6, 6.07) is 5.95. The fourth-order valence-corrected chi connectivity index (χ4v) is 2.15. The maximum atomic E-state index is 12.0. The number of nitro benzene ring substituents is 1. The van der Waals surface area contributed by atoms with E-state index >= 15 is 0 Å². The molecule has 0 amide bonds. The van der Waals surface area contributed by atoms with Crippen LogP contribution in [0.5, 0.6) is 0 Å². The lowest BCUT2D eigenvalue weighted by Gasteiger charge is -2.13. The molecule has 0 saturated carbocycles. The number of anilines is 2. The molecule has 118 valence electrons. The van der Waals surface area contributed by atoms with Crippen molar-refractivity contribution in [2.75, 3.05) is 25.2 Å². The summed E-state index contributed by atoms with van der Waals surface area (Å²) in [7, 11) is 2.78. The Morgan fingerprint density at radius 1 is 1.52 bits per heavy atom. The third kappa shape index (κ3) is 2.65. The van der Waals surface area contributed by atoms with Gasteiger partial charge in [-0.1, -0.05) is 0 Å². The number of nitrogen functional groups attached to an aromatic ring is 1. The number of carbonyl (C=O) groups excluding carboxylic acids is 1. The number of benzene rings is 1. The second kappa shape index (κ2) is 6.07. The van der Waals surface area contributed by atoms with Gasteiger partial charge in [0, 0.05) is 25.4 Å². The molecule has 0 aliphatic heterocycles. The van der Waals surface area contributed by atoms with E-state index < -0.39 is 10.9 Å². The molecular formula is C14H13N5O4. The Labute approximate surface area is 131 Å². The molecule has 1 aromatic carbocycles. The van der Waals surface area contributed by atoms with Gasteiger partial charge in [-0.3, -0.25) is 10.1 Å². The van der Waals surface area contributed by atoms with Gasteiger partial charge in [-0.05, 0) is 6.07 Å². The van der Waals surface area contributed by atoms with Crippen LogP contribution in [0.3, 0.4) is 0 Å². The van der Waals surface area contributed by atoms with Gasteiger partial charge in [0.1, 0.15) is 6.07 Å². The summed E-state index contributed by atoms with van der Waals surface area (Å²) in [6.45, 7) is 0. The number of nitrogens with zero attached hydrogens (tertiary/aromatic N) is 3. The van der Waals surface area contributed by atoms with Gasteiger partial charge in [-0.15, -0.1) is 0 Å². The molecule has 9 nitrogen and oxygen atoms in total. The zero-order valence-corrected chi connectivity index (χ0v) is 12.4. The minimum atomic E-state index is -0.718. The van der Waals surface area contributed by atoms with Gasteiger partial charge in [0.15, 0.2) is 5.69 Å². The topological polar surface area (TPSA) is 136 Å². The van der Waals surface area contributed by atoms with E-state index in [-0.39, 0.29) is 22.6 Å². The van der Waals surface area contributed by atoms with Crippen LogP contribution in [-0.2, 0) is 4.74 Å². The van der Waals surface area contributed by atoms with Crippen LogP contribution in [0, 0.1) is 21.4 Å². The standard InChI is InChI=1S/C14H13N5O4/c1-17-10-5-9(19(21)22)3-4-11(10)18-7-8(6-15)12(16)13(18)14(20)23-2/h3-5,7,17H,16H2,1-2H3. The van der Waals surface area contributed by atoms with E-state index in [4.69, 9.17) is 15.7 Å². The number of nitro groups is 1. The normalized spacial score (nSPS) is 9.96. The first kappa shape index (κ1) is 15.8. The Hall–Kier alpha value is -3.54. The molecule has 0 spiro atoms. The summed E-state index contributed by atoms with van der Waals surface area (Å²) >= 11 is 0. The number of aromatic nitrogens is 1. The molecule has 9 heteroatoms. The first-order valence-corrected chi connectivity index (χ1v) is 6.40. The summed E-state index contributed by atoms with van der Waals surface area (Å²) in [5, 5.41) is 22.8. The number of esters is 1. The fraction of sp³-hybridized carbons (Fsp3) is 0.143. The molecule has 3 N–H and O–H groups in total. The van der Waals surface area contributed by atoms with E-state index in [1.54, 1.807) is 7.05 Å². The Kier molecular flexibility index (Phi) is 4.18. The smallest absolute Gasteiger partial charge is 0.357 e. The molecule has 0 bridgehead atoms. The molecule has 0 saturated heterocycles. The molecule has 0 radical (unpaired) electrons. The average molecular weight is 315 g/mol. The monoisotopic (exact) mass is 315 g/mol. The Balaban J connectivity index is 2.74. The summed E-state index contributed by atoms with van der Waals surface area (Å²) in [5.41, 5.74) is 6.60. The lowest BCUT2D eigenvalue weighted by atomic mass is 10.2. The van der Waals surface area contributed by atoms with Gasteiger partial charge in [0.05, 0.1) is 34.7 Å². The van der Waals surface area contributed by atoms with Crippen LogP contribution in [0.4, 0.5) is 17.1 Å². The second-order valence-corrected chi connectivity index (χ2v) is 4.49. The quantitative estimate of drug-likeness (QED) is 0.497. The van der Waals surface area contributed by atoms with Crippen molar-refractivity contribution in [2.24, 2.45) is 0 Å². The number of nitrogens with one attached hydrogen (secondary N) is 1. The Morgan fingerprint density at radius 3 is 2.74 bits per heavy atom. The number of nitrogens with two attached hydrogens (primary N) is 1. The largest absolute Gasteiger partial charge is 0.464 e. The van der Waals surface area contributed by atoms with Gasteiger partial charge in [-0.2, -0.15) is 5.26 Å². The lowest BCUT2D eigenvalue weighted by molar-refractivity contribution is -0.384. The van der Waals surface area contributed by atoms with Gasteiger partial charge >= 0.3 is 5.97 Å². The molecule has 0 aliphatic carbocycles. The molecule has 0 aliphatic rings. The third-order valence-corrected chi connectivity index (χ3v) is 3.26. The van der Waals surface area contributed by atoms with E-state index in [1.807, 2.05) is 6.07 Å². The first-order chi connectivity index (χ1) is 10.9. The van der Waals surface area contributed by atoms with E-state index in [9.17, 15) is 14.9 Å². The summed E-state index contributed by atoms with van der Waals surface area (Å²) in [5.74, 6) is -0.718. The third-order valence-electron chi connectivity index (χ3n) is 3.26. The van der Waals surface area contributed by atoms with Crippen molar-refractivity contribution in [2.45, 2.75) is 0 Å². The number of non-ortho nitro benzene ring substituents is 1. The molecule has 1 heterocycles. The highest BCUT2D eigenvalue weighted by Crippen LogP contribution is 2.31. The van der Waals surface area contributed by atoms with E-state index in [0.717, 1.165) is 0 Å².